The van der Waals surface area contributed by atoms with Crippen molar-refractivity contribution in [3.05, 3.63) is 109 Å². The van der Waals surface area contributed by atoms with E-state index in [2.05, 4.69) is 116 Å². The third kappa shape index (κ3) is 32.1. The van der Waals surface area contributed by atoms with Crippen LogP contribution in [0.1, 0.15) is 187 Å². The average molecular weight is 1250 g/mol. The number of nitrogens with one attached hydrogen (secondary N) is 1. The van der Waals surface area contributed by atoms with Crippen LogP contribution in [0.2, 0.25) is 0 Å². The third-order valence-electron chi connectivity index (χ3n) is 15.8. The highest BCUT2D eigenvalue weighted by Crippen LogP contribution is 2.33. The fourth-order valence-corrected chi connectivity index (χ4v) is 10.4. The van der Waals surface area contributed by atoms with Crippen LogP contribution in [-0.2, 0) is 33.2 Å². The molecule has 0 aromatic carbocycles. The van der Waals surface area contributed by atoms with Crippen LogP contribution in [0.25, 0.3) is 0 Å². The lowest BCUT2D eigenvalue weighted by Gasteiger charge is -2.48. The van der Waals surface area contributed by atoms with Crippen LogP contribution in [0.5, 0.6) is 0 Å². The highest BCUT2D eigenvalue weighted by Gasteiger charge is 2.53. The molecule has 504 valence electrons. The maximum Gasteiger partial charge on any atom is 0.220 e. The van der Waals surface area contributed by atoms with Gasteiger partial charge in [-0.15, -0.1) is 0 Å². The lowest BCUT2D eigenvalue weighted by molar-refractivity contribution is -0.379. The van der Waals surface area contributed by atoms with E-state index in [1.165, 1.54) is 44.9 Å². The van der Waals surface area contributed by atoms with Gasteiger partial charge >= 0.3 is 0 Å². The van der Waals surface area contributed by atoms with Gasteiger partial charge in [-0.05, 0) is 83.5 Å². The molecule has 19 heteroatoms. The fraction of sp³-hybridized carbons (Fsp3) is 0.725. The largest absolute Gasteiger partial charge is 0.394 e. The van der Waals surface area contributed by atoms with Gasteiger partial charge in [0.2, 0.25) is 5.91 Å². The van der Waals surface area contributed by atoms with Crippen molar-refractivity contribution in [2.24, 2.45) is 0 Å². The quantitative estimate of drug-likeness (QED) is 0.0204. The monoisotopic (exact) mass is 1250 g/mol. The molecule has 0 aromatic rings. The first-order valence-electron chi connectivity index (χ1n) is 33.1. The summed E-state index contributed by atoms with van der Waals surface area (Å²) in [6, 6.07) is -0.988. The van der Waals surface area contributed by atoms with Gasteiger partial charge in [-0.2, -0.15) is 0 Å². The molecule has 0 aromatic heterocycles. The molecule has 0 spiro atoms. The second-order valence-electron chi connectivity index (χ2n) is 23.2. The van der Waals surface area contributed by atoms with E-state index in [-0.39, 0.29) is 18.9 Å². The van der Waals surface area contributed by atoms with Crippen LogP contribution in [0.3, 0.4) is 0 Å². The number of hydrogen-bond donors (Lipinski definition) is 12. The number of unbranched alkanes of at least 4 members (excludes halogenated alkanes) is 16. The molecule has 17 atom stereocenters. The van der Waals surface area contributed by atoms with E-state index in [1.54, 1.807) is 6.08 Å². The Morgan fingerprint density at radius 2 is 0.784 bits per heavy atom. The van der Waals surface area contributed by atoms with Crippen LogP contribution < -0.4 is 5.32 Å². The fourth-order valence-electron chi connectivity index (χ4n) is 10.4. The van der Waals surface area contributed by atoms with Crippen molar-refractivity contribution in [3.8, 4) is 0 Å². The predicted molar refractivity (Wildman–Crippen MR) is 341 cm³/mol. The van der Waals surface area contributed by atoms with Gasteiger partial charge in [0.15, 0.2) is 18.9 Å². The minimum Gasteiger partial charge on any atom is -0.394 e. The molecule has 3 heterocycles. The Kier molecular flexibility index (Phi) is 44.8. The SMILES string of the molecule is CC/C=C\C/C=C\C/C=C\C/C=C\C/C=C\C/C=C\C/C=C\C/C=C\CCCCCCCCC(=O)NC(COC1OC(CO)C(OC2OC(CO)C(OC3OC(CO)C(O)C(O)C3O)C(O)C2O)C(O)C1O)C(O)/C=C/CCCCCCCCCCCC. The molecular formula is C69H115NO18. The van der Waals surface area contributed by atoms with Gasteiger partial charge < -0.3 is 89.9 Å². The standard InChI is InChI=1S/C69H115NO18/c1-3-5-7-9-11-13-15-17-18-19-20-21-22-23-24-25-26-27-28-29-30-31-32-33-34-35-37-39-41-43-45-47-57(75)70-52(53(74)46-44-42-40-38-36-16-14-12-10-8-6-4-2)51-83-67-63(81)60(78)65(55(49-72)85-67)88-69-64(82)61(79)66(56(50-73)86-69)87-68-62(80)59(77)58(76)54(48-71)84-68/h5,7,11,13,17-18,20-21,23-24,26-27,29-30,32-33,44,46,52-56,58-69,71-74,76-82H,3-4,6,8-10,12,14-16,19,22,25,28,31,34-43,45,47-51H2,1-2H3,(H,70,75)/b7-5-,13-11-,18-17-,21-20-,24-23-,27-26-,30-29-,33-32-,46-44+. The van der Waals surface area contributed by atoms with Crippen molar-refractivity contribution in [1.82, 2.24) is 5.32 Å². The highest BCUT2D eigenvalue weighted by molar-refractivity contribution is 5.76. The zero-order valence-corrected chi connectivity index (χ0v) is 52.9. The van der Waals surface area contributed by atoms with Crippen LogP contribution >= 0.6 is 0 Å². The minimum absolute atomic E-state index is 0.219. The number of ether oxygens (including phenoxy) is 6. The van der Waals surface area contributed by atoms with E-state index in [4.69, 9.17) is 28.4 Å². The van der Waals surface area contributed by atoms with Crippen molar-refractivity contribution < 1.29 is 89.4 Å². The van der Waals surface area contributed by atoms with Crippen molar-refractivity contribution in [2.45, 2.75) is 291 Å². The summed E-state index contributed by atoms with van der Waals surface area (Å²) in [6.07, 6.45) is 39.2. The molecule has 19 nitrogen and oxygen atoms in total. The molecular weight excluding hydrogens is 1130 g/mol. The molecule has 3 saturated heterocycles. The molecule has 0 radical (unpaired) electrons. The molecule has 3 aliphatic heterocycles. The van der Waals surface area contributed by atoms with E-state index >= 15 is 0 Å². The number of carbonyl (C=O) groups excluding carboxylic acids is 1. The maximum absolute atomic E-state index is 13.4. The van der Waals surface area contributed by atoms with Crippen molar-refractivity contribution in [3.63, 3.8) is 0 Å². The lowest BCUT2D eigenvalue weighted by atomic mass is 9.96. The highest BCUT2D eigenvalue weighted by atomic mass is 16.8. The van der Waals surface area contributed by atoms with Crippen LogP contribution in [0, 0.1) is 0 Å². The number of amides is 1. The molecule has 88 heavy (non-hydrogen) atoms. The molecule has 0 aliphatic carbocycles. The summed E-state index contributed by atoms with van der Waals surface area (Å²) in [5.74, 6) is -0.297. The minimum atomic E-state index is -1.98. The Labute approximate surface area is 525 Å². The van der Waals surface area contributed by atoms with Gasteiger partial charge in [-0.25, -0.2) is 0 Å². The van der Waals surface area contributed by atoms with E-state index in [0.29, 0.717) is 6.42 Å². The van der Waals surface area contributed by atoms with Crippen molar-refractivity contribution in [2.75, 3.05) is 26.4 Å². The Balaban J connectivity index is 1.41. The zero-order valence-electron chi connectivity index (χ0n) is 52.9. The number of rotatable bonds is 48. The first-order chi connectivity index (χ1) is 42.8. The molecule has 17 unspecified atom stereocenters. The maximum atomic E-state index is 13.4. The lowest BCUT2D eigenvalue weighted by Crippen LogP contribution is -2.66. The summed E-state index contributed by atoms with van der Waals surface area (Å²) in [4.78, 5) is 13.4. The Hall–Kier alpha value is -3.55. The summed E-state index contributed by atoms with van der Waals surface area (Å²) in [7, 11) is 0. The third-order valence-corrected chi connectivity index (χ3v) is 15.8. The van der Waals surface area contributed by atoms with E-state index < -0.39 is 124 Å². The molecule has 0 saturated carbocycles. The molecule has 3 aliphatic rings. The number of aliphatic hydroxyl groups excluding tert-OH is 11. The number of allylic oxidation sites excluding steroid dienone is 17. The normalized spacial score (nSPS) is 29.1. The van der Waals surface area contributed by atoms with Crippen molar-refractivity contribution >= 4 is 5.91 Å². The molecule has 3 rings (SSSR count). The molecule has 3 fully saturated rings. The average Bonchev–Trinajstić information content (AvgIpc) is 1.54. The number of aliphatic hydroxyl groups is 11. The summed E-state index contributed by atoms with van der Waals surface area (Å²) >= 11 is 0. The van der Waals surface area contributed by atoms with Crippen LogP contribution in [0.15, 0.2) is 109 Å². The van der Waals surface area contributed by atoms with Crippen LogP contribution in [0.4, 0.5) is 0 Å². The summed E-state index contributed by atoms with van der Waals surface area (Å²) in [6.45, 7) is 1.56. The Bertz CT molecular complexity index is 2020. The number of hydrogen-bond acceptors (Lipinski definition) is 18. The van der Waals surface area contributed by atoms with E-state index in [0.717, 1.165) is 116 Å². The molecule has 1 amide bonds. The second-order valence-corrected chi connectivity index (χ2v) is 23.2. The van der Waals surface area contributed by atoms with Gasteiger partial charge in [0.1, 0.15) is 73.2 Å². The Morgan fingerprint density at radius 3 is 1.23 bits per heavy atom. The van der Waals surface area contributed by atoms with Crippen molar-refractivity contribution in [1.29, 1.82) is 0 Å². The van der Waals surface area contributed by atoms with Gasteiger partial charge in [0.25, 0.3) is 0 Å². The van der Waals surface area contributed by atoms with E-state index in [9.17, 15) is 61.0 Å². The molecule has 12 N–H and O–H groups in total. The van der Waals surface area contributed by atoms with Crippen LogP contribution in [-0.4, -0.2) is 193 Å². The van der Waals surface area contributed by atoms with Gasteiger partial charge in [0, 0.05) is 6.42 Å². The zero-order chi connectivity index (χ0) is 64.0. The predicted octanol–water partition coefficient (Wildman–Crippen LogP) is 7.88. The first kappa shape index (κ1) is 78.7. The van der Waals surface area contributed by atoms with Gasteiger partial charge in [-0.1, -0.05) is 207 Å². The Morgan fingerprint density at radius 1 is 0.420 bits per heavy atom. The van der Waals surface area contributed by atoms with E-state index in [1.807, 2.05) is 6.08 Å². The summed E-state index contributed by atoms with van der Waals surface area (Å²) in [5.41, 5.74) is 0. The topological polar surface area (TPSA) is 307 Å². The summed E-state index contributed by atoms with van der Waals surface area (Å²) < 4.78 is 34.2. The van der Waals surface area contributed by atoms with Gasteiger partial charge in [-0.3, -0.25) is 4.79 Å². The number of carbonyl (C=O) groups is 1. The molecule has 0 bridgehead atoms. The first-order valence-corrected chi connectivity index (χ1v) is 33.1. The van der Waals surface area contributed by atoms with Gasteiger partial charge in [0.05, 0.1) is 38.6 Å². The second kappa shape index (κ2) is 50.1. The summed E-state index contributed by atoms with van der Waals surface area (Å²) in [5, 5.41) is 120. The smallest absolute Gasteiger partial charge is 0.220 e.